The normalized spacial score (nSPS) is 11.9. The van der Waals surface area contributed by atoms with Crippen molar-refractivity contribution in [3.05, 3.63) is 48.6 Å². The average molecular weight is 828 g/mol. The molecule has 0 atom stereocenters. The lowest BCUT2D eigenvalue weighted by atomic mass is 10.00. The van der Waals surface area contributed by atoms with Gasteiger partial charge in [0, 0.05) is 31.8 Å². The summed E-state index contributed by atoms with van der Waals surface area (Å²) in [7, 11) is 3.90. The second kappa shape index (κ2) is 42.9. The number of ether oxygens (including phenoxy) is 2. The molecule has 0 radical (unpaired) electrons. The van der Waals surface area contributed by atoms with Crippen molar-refractivity contribution >= 4 is 23.9 Å². The van der Waals surface area contributed by atoms with Gasteiger partial charge in [0.2, 0.25) is 5.91 Å². The molecule has 0 saturated heterocycles. The topological polar surface area (TPSA) is 105 Å². The smallest absolute Gasteiger partial charge is 0.324 e. The third-order valence-electron chi connectivity index (χ3n) is 10.3. The molecule has 9 heteroatoms. The first kappa shape index (κ1) is 55.8. The van der Waals surface area contributed by atoms with Crippen LogP contribution < -0.4 is 5.32 Å². The van der Waals surface area contributed by atoms with Crippen LogP contribution in [-0.2, 0) is 23.9 Å². The molecule has 0 aliphatic heterocycles. The summed E-state index contributed by atoms with van der Waals surface area (Å²) >= 11 is 0. The van der Waals surface area contributed by atoms with Crippen molar-refractivity contribution in [3.8, 4) is 0 Å². The predicted octanol–water partition coefficient (Wildman–Crippen LogP) is 12.6. The molecular weight excluding hydrogens is 739 g/mol. The van der Waals surface area contributed by atoms with Crippen LogP contribution >= 0.6 is 0 Å². The van der Waals surface area contributed by atoms with Crippen LogP contribution in [0, 0.1) is 5.92 Å². The lowest BCUT2D eigenvalue weighted by molar-refractivity contribution is -0.147. The lowest BCUT2D eigenvalue weighted by Crippen LogP contribution is -2.47. The van der Waals surface area contributed by atoms with E-state index in [0.717, 1.165) is 96.4 Å². The molecule has 1 N–H and O–H groups in total. The maximum absolute atomic E-state index is 13.8. The highest BCUT2D eigenvalue weighted by Crippen LogP contribution is 2.17. The van der Waals surface area contributed by atoms with Crippen molar-refractivity contribution in [1.82, 2.24) is 15.1 Å². The zero-order chi connectivity index (χ0) is 43.4. The molecule has 0 saturated carbocycles. The summed E-state index contributed by atoms with van der Waals surface area (Å²) in [4.78, 5) is 55.2. The van der Waals surface area contributed by atoms with Gasteiger partial charge >= 0.3 is 18.0 Å². The Balaban J connectivity index is 4.66. The molecule has 3 amide bonds. The maximum Gasteiger partial charge on any atom is 0.324 e. The standard InChI is InChI=1S/C50H89N3O6/c1-6-9-11-13-15-17-19-21-23-25-27-29-31-33-35-38-47(54)58-44-40-46(49(56)53(50(57)51-8-3)43-37-42-52(4)5)41-45-59-48(55)39-36-34-32-30-28-26-24-22-20-18-16-14-12-10-7-2/h15-18,21-24,46H,6-14,19-20,25-45H2,1-5H3,(H,51,57)/b17-15-,18-16-,23-21-,24-22-. The number of esters is 2. The van der Waals surface area contributed by atoms with E-state index in [0.29, 0.717) is 25.8 Å². The molecular formula is C50H89N3O6. The number of nitrogens with zero attached hydrogens (tertiary/aromatic N) is 2. The summed E-state index contributed by atoms with van der Waals surface area (Å²) in [5.74, 6) is -1.48. The number of amides is 3. The maximum atomic E-state index is 13.8. The van der Waals surface area contributed by atoms with E-state index in [1.54, 1.807) is 0 Å². The van der Waals surface area contributed by atoms with E-state index in [1.165, 1.54) is 56.3 Å². The molecule has 0 aliphatic rings. The first-order valence-electron chi connectivity index (χ1n) is 23.9. The molecule has 9 nitrogen and oxygen atoms in total. The van der Waals surface area contributed by atoms with E-state index >= 15 is 0 Å². The van der Waals surface area contributed by atoms with Crippen molar-refractivity contribution in [2.24, 2.45) is 5.92 Å². The molecule has 0 bridgehead atoms. The average Bonchev–Trinajstić information content (AvgIpc) is 3.21. The minimum atomic E-state index is -0.621. The summed E-state index contributed by atoms with van der Waals surface area (Å²) in [6.07, 6.45) is 44.6. The Labute approximate surface area is 362 Å². The second-order valence-electron chi connectivity index (χ2n) is 16.2. The van der Waals surface area contributed by atoms with Crippen LogP contribution in [0.5, 0.6) is 0 Å². The van der Waals surface area contributed by atoms with Gasteiger partial charge in [-0.15, -0.1) is 0 Å². The molecule has 0 aliphatic carbocycles. The molecule has 0 heterocycles. The van der Waals surface area contributed by atoms with Gasteiger partial charge in [-0.2, -0.15) is 0 Å². The number of carbonyl (C=O) groups excluding carboxylic acids is 4. The molecule has 0 unspecified atom stereocenters. The van der Waals surface area contributed by atoms with Crippen LogP contribution in [0.1, 0.15) is 194 Å². The van der Waals surface area contributed by atoms with Gasteiger partial charge in [-0.05, 0) is 124 Å². The summed E-state index contributed by atoms with van der Waals surface area (Å²) in [6.45, 7) is 7.85. The first-order chi connectivity index (χ1) is 28.8. The van der Waals surface area contributed by atoms with Crippen LogP contribution in [0.2, 0.25) is 0 Å². The summed E-state index contributed by atoms with van der Waals surface area (Å²) < 4.78 is 11.1. The van der Waals surface area contributed by atoms with Crippen molar-refractivity contribution < 1.29 is 28.7 Å². The number of carbonyl (C=O) groups is 4. The lowest BCUT2D eigenvalue weighted by Gasteiger charge is -2.26. The van der Waals surface area contributed by atoms with Crippen LogP contribution in [0.15, 0.2) is 48.6 Å². The zero-order valence-corrected chi connectivity index (χ0v) is 38.7. The van der Waals surface area contributed by atoms with E-state index < -0.39 is 11.9 Å². The fourth-order valence-corrected chi connectivity index (χ4v) is 6.65. The Kier molecular flexibility index (Phi) is 40.6. The van der Waals surface area contributed by atoms with Crippen LogP contribution in [-0.4, -0.2) is 80.6 Å². The van der Waals surface area contributed by atoms with E-state index in [9.17, 15) is 19.2 Å². The Bertz CT molecular complexity index is 1080. The number of unbranched alkanes of at least 4 members (excludes halogenated alkanes) is 16. The van der Waals surface area contributed by atoms with Crippen LogP contribution in [0.4, 0.5) is 4.79 Å². The first-order valence-corrected chi connectivity index (χ1v) is 23.9. The molecule has 0 spiro atoms. The second-order valence-corrected chi connectivity index (χ2v) is 16.2. The van der Waals surface area contributed by atoms with Crippen molar-refractivity contribution in [3.63, 3.8) is 0 Å². The van der Waals surface area contributed by atoms with E-state index in [2.05, 4.69) is 67.8 Å². The molecule has 0 aromatic heterocycles. The van der Waals surface area contributed by atoms with Gasteiger partial charge in [-0.3, -0.25) is 19.3 Å². The molecule has 340 valence electrons. The Hall–Kier alpha value is -3.20. The number of nitrogens with one attached hydrogen (secondary N) is 1. The fourth-order valence-electron chi connectivity index (χ4n) is 6.65. The van der Waals surface area contributed by atoms with Gasteiger partial charge in [0.1, 0.15) is 0 Å². The summed E-state index contributed by atoms with van der Waals surface area (Å²) in [5.41, 5.74) is 0. The highest BCUT2D eigenvalue weighted by Gasteiger charge is 2.29. The molecule has 0 rings (SSSR count). The van der Waals surface area contributed by atoms with Gasteiger partial charge < -0.3 is 19.7 Å². The number of allylic oxidation sites excluding steroid dienone is 8. The molecule has 59 heavy (non-hydrogen) atoms. The Morgan fingerprint density at radius 3 is 1.32 bits per heavy atom. The SMILES string of the molecule is CCCCC/C=C\C/C=C\CCCCCCCC(=O)OCCC(CCOC(=O)CCCCCCC/C=C\C/C=C\CCCCC)C(=O)N(CCCN(C)C)C(=O)NCC. The van der Waals surface area contributed by atoms with Gasteiger partial charge in [-0.25, -0.2) is 4.79 Å². The Morgan fingerprint density at radius 1 is 0.508 bits per heavy atom. The third-order valence-corrected chi connectivity index (χ3v) is 10.3. The molecule has 0 aromatic rings. The van der Waals surface area contributed by atoms with E-state index in [-0.39, 0.29) is 50.4 Å². The third kappa shape index (κ3) is 37.5. The summed E-state index contributed by atoms with van der Waals surface area (Å²) in [5, 5.41) is 2.76. The molecule has 0 fully saturated rings. The van der Waals surface area contributed by atoms with E-state index in [1.807, 2.05) is 25.9 Å². The van der Waals surface area contributed by atoms with Crippen LogP contribution in [0.3, 0.4) is 0 Å². The fraction of sp³-hybridized carbons (Fsp3) is 0.760. The van der Waals surface area contributed by atoms with Crippen molar-refractivity contribution in [2.75, 3.05) is 46.9 Å². The quantitative estimate of drug-likeness (QED) is 0.0372. The largest absolute Gasteiger partial charge is 0.466 e. The minimum absolute atomic E-state index is 0.0797. The minimum Gasteiger partial charge on any atom is -0.466 e. The van der Waals surface area contributed by atoms with Gasteiger partial charge in [0.05, 0.1) is 13.2 Å². The number of urea groups is 1. The highest BCUT2D eigenvalue weighted by atomic mass is 16.5. The number of hydrogen-bond acceptors (Lipinski definition) is 7. The zero-order valence-electron chi connectivity index (χ0n) is 38.7. The predicted molar refractivity (Wildman–Crippen MR) is 247 cm³/mol. The van der Waals surface area contributed by atoms with Crippen molar-refractivity contribution in [2.45, 2.75) is 194 Å². The van der Waals surface area contributed by atoms with Gasteiger partial charge in [0.15, 0.2) is 0 Å². The summed E-state index contributed by atoms with van der Waals surface area (Å²) in [6, 6.07) is -0.432. The Morgan fingerprint density at radius 2 is 0.915 bits per heavy atom. The number of imide groups is 1. The van der Waals surface area contributed by atoms with E-state index in [4.69, 9.17) is 9.47 Å². The van der Waals surface area contributed by atoms with Crippen LogP contribution in [0.25, 0.3) is 0 Å². The molecule has 0 aromatic carbocycles. The number of rotatable bonds is 40. The number of hydrogen-bond donors (Lipinski definition) is 1. The highest BCUT2D eigenvalue weighted by molar-refractivity contribution is 5.95. The van der Waals surface area contributed by atoms with Crippen molar-refractivity contribution in [1.29, 1.82) is 0 Å². The van der Waals surface area contributed by atoms with Gasteiger partial charge in [0.25, 0.3) is 0 Å². The monoisotopic (exact) mass is 828 g/mol. The van der Waals surface area contributed by atoms with Gasteiger partial charge in [-0.1, -0.05) is 127 Å².